The number of aliphatic hydroxyl groups excluding tert-OH is 2. The molecule has 19 heavy (non-hydrogen) atoms. The highest BCUT2D eigenvalue weighted by Gasteiger charge is 2.21. The van der Waals surface area contributed by atoms with Gasteiger partial charge in [0.1, 0.15) is 0 Å². The first-order chi connectivity index (χ1) is 9.17. The van der Waals surface area contributed by atoms with E-state index in [0.717, 1.165) is 25.9 Å². The second-order valence-electron chi connectivity index (χ2n) is 5.43. The number of aromatic nitrogens is 2. The van der Waals surface area contributed by atoms with Crippen molar-refractivity contribution in [1.29, 1.82) is 0 Å². The molecular formula is C13H24N4O2. The number of hydrogen-bond donors (Lipinski definition) is 3. The SMILES string of the molecule is Nc1cnn(CC(O)CN2CCCC(CCO)C2)c1. The van der Waals surface area contributed by atoms with E-state index in [4.69, 9.17) is 10.8 Å². The molecule has 2 atom stereocenters. The van der Waals surface area contributed by atoms with Crippen molar-refractivity contribution in [1.82, 2.24) is 14.7 Å². The first kappa shape index (κ1) is 14.3. The van der Waals surface area contributed by atoms with Crippen molar-refractivity contribution < 1.29 is 10.2 Å². The van der Waals surface area contributed by atoms with E-state index in [1.165, 1.54) is 6.42 Å². The second kappa shape index (κ2) is 6.88. The minimum atomic E-state index is -0.438. The third-order valence-corrected chi connectivity index (χ3v) is 3.66. The van der Waals surface area contributed by atoms with Crippen molar-refractivity contribution in [2.45, 2.75) is 31.9 Å². The Labute approximate surface area is 113 Å². The fourth-order valence-corrected chi connectivity index (χ4v) is 2.79. The molecule has 0 spiro atoms. The van der Waals surface area contributed by atoms with Crippen molar-refractivity contribution >= 4 is 5.69 Å². The molecule has 0 saturated carbocycles. The quantitative estimate of drug-likeness (QED) is 0.672. The summed E-state index contributed by atoms with van der Waals surface area (Å²) in [6, 6.07) is 0. The van der Waals surface area contributed by atoms with E-state index >= 15 is 0 Å². The number of nitrogens with zero attached hydrogens (tertiary/aromatic N) is 3. The lowest BCUT2D eigenvalue weighted by molar-refractivity contribution is 0.0669. The van der Waals surface area contributed by atoms with E-state index in [9.17, 15) is 5.11 Å². The third kappa shape index (κ3) is 4.49. The lowest BCUT2D eigenvalue weighted by Gasteiger charge is -2.33. The third-order valence-electron chi connectivity index (χ3n) is 3.66. The first-order valence-corrected chi connectivity index (χ1v) is 6.96. The van der Waals surface area contributed by atoms with Gasteiger partial charge in [-0.1, -0.05) is 0 Å². The van der Waals surface area contributed by atoms with E-state index in [-0.39, 0.29) is 6.61 Å². The minimum absolute atomic E-state index is 0.258. The van der Waals surface area contributed by atoms with Gasteiger partial charge >= 0.3 is 0 Å². The molecule has 2 unspecified atom stereocenters. The van der Waals surface area contributed by atoms with Crippen molar-refractivity contribution in [3.8, 4) is 0 Å². The number of piperidine rings is 1. The van der Waals surface area contributed by atoms with Crippen LogP contribution in [0.25, 0.3) is 0 Å². The fraction of sp³-hybridized carbons (Fsp3) is 0.769. The van der Waals surface area contributed by atoms with Crippen molar-refractivity contribution in [3.05, 3.63) is 12.4 Å². The lowest BCUT2D eigenvalue weighted by Crippen LogP contribution is -2.41. The lowest BCUT2D eigenvalue weighted by atomic mass is 9.95. The van der Waals surface area contributed by atoms with E-state index in [1.807, 2.05) is 0 Å². The molecule has 1 fully saturated rings. The molecule has 0 aliphatic carbocycles. The molecule has 4 N–H and O–H groups in total. The van der Waals surface area contributed by atoms with Crippen LogP contribution in [0.2, 0.25) is 0 Å². The topological polar surface area (TPSA) is 87.5 Å². The van der Waals surface area contributed by atoms with Gasteiger partial charge in [-0.05, 0) is 31.7 Å². The smallest absolute Gasteiger partial charge is 0.0862 e. The summed E-state index contributed by atoms with van der Waals surface area (Å²) in [5.41, 5.74) is 6.21. The Morgan fingerprint density at radius 3 is 3.00 bits per heavy atom. The van der Waals surface area contributed by atoms with Gasteiger partial charge in [0.2, 0.25) is 0 Å². The molecule has 2 rings (SSSR count). The summed E-state index contributed by atoms with van der Waals surface area (Å²) in [4.78, 5) is 2.28. The van der Waals surface area contributed by atoms with Crippen LogP contribution in [0, 0.1) is 5.92 Å². The number of anilines is 1. The summed E-state index contributed by atoms with van der Waals surface area (Å²) < 4.78 is 1.68. The van der Waals surface area contributed by atoms with Crippen LogP contribution < -0.4 is 5.73 Å². The Morgan fingerprint density at radius 1 is 1.47 bits per heavy atom. The molecule has 0 radical (unpaired) electrons. The Balaban J connectivity index is 1.76. The van der Waals surface area contributed by atoms with Crippen LogP contribution in [0.15, 0.2) is 12.4 Å². The van der Waals surface area contributed by atoms with E-state index in [1.54, 1.807) is 17.1 Å². The monoisotopic (exact) mass is 268 g/mol. The zero-order chi connectivity index (χ0) is 13.7. The van der Waals surface area contributed by atoms with Crippen LogP contribution >= 0.6 is 0 Å². The highest BCUT2D eigenvalue weighted by molar-refractivity contribution is 5.30. The molecule has 0 bridgehead atoms. The Kier molecular flexibility index (Phi) is 5.18. The molecule has 108 valence electrons. The van der Waals surface area contributed by atoms with Crippen LogP contribution in [-0.2, 0) is 6.54 Å². The molecule has 0 aromatic carbocycles. The summed E-state index contributed by atoms with van der Waals surface area (Å²) in [6.45, 7) is 3.38. The van der Waals surface area contributed by atoms with Gasteiger partial charge in [-0.3, -0.25) is 4.68 Å². The van der Waals surface area contributed by atoms with Gasteiger partial charge in [0, 0.05) is 25.9 Å². The number of rotatable bonds is 6. The molecule has 1 aliphatic heterocycles. The molecule has 1 saturated heterocycles. The van der Waals surface area contributed by atoms with Crippen LogP contribution in [0.4, 0.5) is 5.69 Å². The van der Waals surface area contributed by atoms with Crippen molar-refractivity contribution in [3.63, 3.8) is 0 Å². The first-order valence-electron chi connectivity index (χ1n) is 6.96. The predicted octanol–water partition coefficient (Wildman–Crippen LogP) is -0.0794. The van der Waals surface area contributed by atoms with Gasteiger partial charge in [-0.15, -0.1) is 0 Å². The standard InChI is InChI=1S/C13H24N4O2/c14-12-6-15-17(8-12)10-13(19)9-16-4-1-2-11(7-16)3-5-18/h6,8,11,13,18-19H,1-5,7,9-10,14H2. The normalized spacial score (nSPS) is 22.5. The maximum Gasteiger partial charge on any atom is 0.0862 e. The number of likely N-dealkylation sites (tertiary alicyclic amines) is 1. The van der Waals surface area contributed by atoms with E-state index < -0.39 is 6.10 Å². The van der Waals surface area contributed by atoms with Gasteiger partial charge in [0.15, 0.2) is 0 Å². The highest BCUT2D eigenvalue weighted by Crippen LogP contribution is 2.19. The van der Waals surface area contributed by atoms with Crippen molar-refractivity contribution in [2.24, 2.45) is 5.92 Å². The molecule has 6 heteroatoms. The van der Waals surface area contributed by atoms with Gasteiger partial charge in [-0.2, -0.15) is 5.10 Å². The number of β-amino-alcohol motifs (C(OH)–C–C–N with tert-alkyl or cyclic N) is 1. The largest absolute Gasteiger partial charge is 0.396 e. The van der Waals surface area contributed by atoms with Crippen LogP contribution in [0.5, 0.6) is 0 Å². The maximum atomic E-state index is 10.1. The summed E-state index contributed by atoms with van der Waals surface area (Å²) in [7, 11) is 0. The van der Waals surface area contributed by atoms with Gasteiger partial charge in [0.05, 0.1) is 24.5 Å². The maximum absolute atomic E-state index is 10.1. The Morgan fingerprint density at radius 2 is 2.32 bits per heavy atom. The zero-order valence-electron chi connectivity index (χ0n) is 11.3. The molecule has 2 heterocycles. The van der Waals surface area contributed by atoms with Crippen LogP contribution in [0.1, 0.15) is 19.3 Å². The molecule has 1 aromatic rings. The summed E-state index contributed by atoms with van der Waals surface area (Å²) >= 11 is 0. The number of hydrogen-bond acceptors (Lipinski definition) is 5. The Bertz CT molecular complexity index is 380. The van der Waals surface area contributed by atoms with E-state index in [2.05, 4.69) is 10.00 Å². The van der Waals surface area contributed by atoms with Crippen molar-refractivity contribution in [2.75, 3.05) is 32.0 Å². The summed E-state index contributed by atoms with van der Waals surface area (Å²) in [5, 5.41) is 23.2. The summed E-state index contributed by atoms with van der Waals surface area (Å²) in [5.74, 6) is 0.561. The fourth-order valence-electron chi connectivity index (χ4n) is 2.79. The highest BCUT2D eigenvalue weighted by atomic mass is 16.3. The number of aliphatic hydroxyl groups is 2. The van der Waals surface area contributed by atoms with Gasteiger partial charge in [-0.25, -0.2) is 0 Å². The zero-order valence-corrected chi connectivity index (χ0v) is 11.3. The van der Waals surface area contributed by atoms with Crippen LogP contribution in [0.3, 0.4) is 0 Å². The molecule has 1 aromatic heterocycles. The van der Waals surface area contributed by atoms with Gasteiger partial charge < -0.3 is 20.8 Å². The average molecular weight is 268 g/mol. The molecular weight excluding hydrogens is 244 g/mol. The minimum Gasteiger partial charge on any atom is -0.396 e. The number of nitrogens with two attached hydrogens (primary N) is 1. The predicted molar refractivity (Wildman–Crippen MR) is 73.5 cm³/mol. The van der Waals surface area contributed by atoms with E-state index in [0.29, 0.717) is 24.7 Å². The second-order valence-corrected chi connectivity index (χ2v) is 5.43. The average Bonchev–Trinajstić information content (AvgIpc) is 2.75. The van der Waals surface area contributed by atoms with Crippen LogP contribution in [-0.4, -0.2) is 57.2 Å². The molecule has 1 aliphatic rings. The Hall–Kier alpha value is -1.11. The molecule has 6 nitrogen and oxygen atoms in total. The number of nitrogen functional groups attached to an aromatic ring is 1. The van der Waals surface area contributed by atoms with Gasteiger partial charge in [0.25, 0.3) is 0 Å². The molecule has 0 amide bonds. The summed E-state index contributed by atoms with van der Waals surface area (Å²) in [6.07, 6.45) is 6.07.